The lowest BCUT2D eigenvalue weighted by Gasteiger charge is -2.04. The number of carbonyl (C=O) groups excluding carboxylic acids is 1. The normalized spacial score (nSPS) is 10.7. The van der Waals surface area contributed by atoms with Gasteiger partial charge in [-0.1, -0.05) is 51.9 Å². The second-order valence-electron chi connectivity index (χ2n) is 5.39. The first-order valence-electron chi connectivity index (χ1n) is 8.37. The number of H-pyrrole nitrogens is 1. The molecule has 0 aliphatic heterocycles. The number of carbonyl (C=O) groups is 1. The molecule has 1 heterocycles. The van der Waals surface area contributed by atoms with E-state index in [1.807, 2.05) is 0 Å². The predicted molar refractivity (Wildman–Crippen MR) is 84.8 cm³/mol. The largest absolute Gasteiger partial charge is 0.489 e. The number of hydrogen-bond donors (Lipinski definition) is 1. The van der Waals surface area contributed by atoms with Crippen LogP contribution in [0.1, 0.15) is 75.7 Å². The second kappa shape index (κ2) is 11.1. The van der Waals surface area contributed by atoms with E-state index in [-0.39, 0.29) is 18.1 Å². The molecule has 5 heteroatoms. The van der Waals surface area contributed by atoms with E-state index in [2.05, 4.69) is 11.9 Å². The van der Waals surface area contributed by atoms with E-state index in [9.17, 15) is 9.18 Å². The molecule has 0 saturated heterocycles. The molecule has 0 aliphatic rings. The number of unbranched alkanes of at least 4 members (excludes halogenated alkanes) is 7. The van der Waals surface area contributed by atoms with Crippen molar-refractivity contribution in [2.24, 2.45) is 0 Å². The van der Waals surface area contributed by atoms with E-state index < -0.39 is 11.8 Å². The number of ether oxygens (including phenoxy) is 2. The summed E-state index contributed by atoms with van der Waals surface area (Å²) in [7, 11) is 0. The van der Waals surface area contributed by atoms with Crippen molar-refractivity contribution in [3.05, 3.63) is 17.7 Å². The van der Waals surface area contributed by atoms with E-state index in [4.69, 9.17) is 9.47 Å². The van der Waals surface area contributed by atoms with Gasteiger partial charge in [0.25, 0.3) is 0 Å². The van der Waals surface area contributed by atoms with Crippen molar-refractivity contribution in [2.75, 3.05) is 13.2 Å². The highest BCUT2D eigenvalue weighted by molar-refractivity contribution is 5.88. The summed E-state index contributed by atoms with van der Waals surface area (Å²) in [6, 6.07) is 0. The fourth-order valence-corrected chi connectivity index (χ4v) is 2.26. The molecule has 0 unspecified atom stereocenters. The van der Waals surface area contributed by atoms with Gasteiger partial charge in [0.2, 0.25) is 0 Å². The summed E-state index contributed by atoms with van der Waals surface area (Å²) in [4.78, 5) is 14.0. The molecule has 4 nitrogen and oxygen atoms in total. The maximum Gasteiger partial charge on any atom is 0.357 e. The average Bonchev–Trinajstić information content (AvgIpc) is 2.87. The van der Waals surface area contributed by atoms with Crippen LogP contribution in [0.3, 0.4) is 0 Å². The zero-order chi connectivity index (χ0) is 16.2. The summed E-state index contributed by atoms with van der Waals surface area (Å²) in [6.45, 7) is 4.57. The molecular weight excluding hydrogens is 285 g/mol. The van der Waals surface area contributed by atoms with Crippen LogP contribution in [0, 0.1) is 5.82 Å². The van der Waals surface area contributed by atoms with E-state index >= 15 is 0 Å². The minimum Gasteiger partial charge on any atom is -0.489 e. The molecule has 126 valence electrons. The minimum atomic E-state index is -0.693. The molecule has 1 rings (SSSR count). The van der Waals surface area contributed by atoms with Gasteiger partial charge in [0.1, 0.15) is 0 Å². The first kappa shape index (κ1) is 18.5. The van der Waals surface area contributed by atoms with Crippen molar-refractivity contribution in [1.29, 1.82) is 0 Å². The number of rotatable bonds is 12. The second-order valence-corrected chi connectivity index (χ2v) is 5.39. The number of hydrogen-bond acceptors (Lipinski definition) is 3. The molecule has 0 aromatic carbocycles. The highest BCUT2D eigenvalue weighted by Gasteiger charge is 2.19. The number of nitrogens with one attached hydrogen (secondary N) is 1. The maximum absolute atomic E-state index is 13.9. The van der Waals surface area contributed by atoms with Crippen molar-refractivity contribution < 1.29 is 18.7 Å². The SMILES string of the molecule is CCCCCCCCCCOc1c[nH]c(C(=O)OCC)c1F. The van der Waals surface area contributed by atoms with Gasteiger partial charge in [-0.2, -0.15) is 0 Å². The Hall–Kier alpha value is -1.52. The van der Waals surface area contributed by atoms with Crippen LogP contribution in [0.25, 0.3) is 0 Å². The van der Waals surface area contributed by atoms with Crippen molar-refractivity contribution in [2.45, 2.75) is 65.2 Å². The third-order valence-corrected chi connectivity index (χ3v) is 3.52. The first-order chi connectivity index (χ1) is 10.7. The molecule has 22 heavy (non-hydrogen) atoms. The van der Waals surface area contributed by atoms with Crippen LogP contribution in [-0.4, -0.2) is 24.2 Å². The molecule has 0 fully saturated rings. The lowest BCUT2D eigenvalue weighted by atomic mass is 10.1. The van der Waals surface area contributed by atoms with Gasteiger partial charge >= 0.3 is 5.97 Å². The molecule has 0 radical (unpaired) electrons. The van der Waals surface area contributed by atoms with E-state index in [0.717, 1.165) is 12.8 Å². The number of halogens is 1. The number of aromatic nitrogens is 1. The number of aromatic amines is 1. The molecule has 0 spiro atoms. The molecule has 1 N–H and O–H groups in total. The van der Waals surface area contributed by atoms with Crippen LogP contribution in [0.2, 0.25) is 0 Å². The Bertz CT molecular complexity index is 432. The zero-order valence-corrected chi connectivity index (χ0v) is 13.8. The summed E-state index contributed by atoms with van der Waals surface area (Å²) in [5, 5.41) is 0. The van der Waals surface area contributed by atoms with Crippen molar-refractivity contribution in [3.8, 4) is 5.75 Å². The molecule has 0 aliphatic carbocycles. The summed E-state index contributed by atoms with van der Waals surface area (Å²) in [6.07, 6.45) is 11.0. The van der Waals surface area contributed by atoms with E-state index in [1.54, 1.807) is 6.92 Å². The van der Waals surface area contributed by atoms with E-state index in [0.29, 0.717) is 6.61 Å². The maximum atomic E-state index is 13.9. The Labute approximate surface area is 132 Å². The summed E-state index contributed by atoms with van der Waals surface area (Å²) in [5.74, 6) is -1.27. The monoisotopic (exact) mass is 313 g/mol. The van der Waals surface area contributed by atoms with Gasteiger partial charge < -0.3 is 14.5 Å². The van der Waals surface area contributed by atoms with Gasteiger partial charge in [0.15, 0.2) is 17.3 Å². The van der Waals surface area contributed by atoms with Gasteiger partial charge in [0.05, 0.1) is 13.2 Å². The lowest BCUT2D eigenvalue weighted by Crippen LogP contribution is -2.07. The quantitative estimate of drug-likeness (QED) is 0.443. The third-order valence-electron chi connectivity index (χ3n) is 3.52. The Balaban J connectivity index is 2.16. The fourth-order valence-electron chi connectivity index (χ4n) is 2.26. The minimum absolute atomic E-state index is 0.0889. The highest BCUT2D eigenvalue weighted by Crippen LogP contribution is 2.21. The Morgan fingerprint density at radius 1 is 1.09 bits per heavy atom. The third kappa shape index (κ3) is 6.50. The van der Waals surface area contributed by atoms with Crippen molar-refractivity contribution in [1.82, 2.24) is 4.98 Å². The standard InChI is InChI=1S/C17H28FNO3/c1-3-5-6-7-8-9-10-11-12-22-14-13-19-16(15(14)18)17(20)21-4-2/h13,19H,3-12H2,1-2H3. The van der Waals surface area contributed by atoms with Crippen LogP contribution in [-0.2, 0) is 4.74 Å². The average molecular weight is 313 g/mol. The summed E-state index contributed by atoms with van der Waals surface area (Å²) < 4.78 is 24.0. The van der Waals surface area contributed by atoms with Crippen LogP contribution >= 0.6 is 0 Å². The molecular formula is C17H28FNO3. The van der Waals surface area contributed by atoms with Crippen LogP contribution in [0.5, 0.6) is 5.75 Å². The van der Waals surface area contributed by atoms with Gasteiger partial charge in [0, 0.05) is 6.20 Å². The van der Waals surface area contributed by atoms with Gasteiger partial charge in [-0.25, -0.2) is 9.18 Å². The first-order valence-corrected chi connectivity index (χ1v) is 8.37. The highest BCUT2D eigenvalue weighted by atomic mass is 19.1. The Morgan fingerprint density at radius 3 is 2.36 bits per heavy atom. The number of esters is 1. The Kier molecular flexibility index (Phi) is 9.35. The summed E-state index contributed by atoms with van der Waals surface area (Å²) in [5.41, 5.74) is -0.173. The zero-order valence-electron chi connectivity index (χ0n) is 13.8. The topological polar surface area (TPSA) is 51.3 Å². The van der Waals surface area contributed by atoms with Gasteiger partial charge in [-0.15, -0.1) is 0 Å². The molecule has 0 bridgehead atoms. The van der Waals surface area contributed by atoms with Crippen LogP contribution < -0.4 is 4.74 Å². The summed E-state index contributed by atoms with van der Waals surface area (Å²) >= 11 is 0. The van der Waals surface area contributed by atoms with Gasteiger partial charge in [-0.3, -0.25) is 0 Å². The van der Waals surface area contributed by atoms with Crippen molar-refractivity contribution >= 4 is 5.97 Å². The predicted octanol–water partition coefficient (Wildman–Crippen LogP) is 4.85. The molecule has 1 aromatic heterocycles. The van der Waals surface area contributed by atoms with Crippen LogP contribution in [0.15, 0.2) is 6.20 Å². The Morgan fingerprint density at radius 2 is 1.73 bits per heavy atom. The smallest absolute Gasteiger partial charge is 0.357 e. The molecule has 1 aromatic rings. The van der Waals surface area contributed by atoms with Crippen LogP contribution in [0.4, 0.5) is 4.39 Å². The fraction of sp³-hybridized carbons (Fsp3) is 0.706. The van der Waals surface area contributed by atoms with E-state index in [1.165, 1.54) is 44.7 Å². The molecule has 0 atom stereocenters. The molecule has 0 amide bonds. The lowest BCUT2D eigenvalue weighted by molar-refractivity contribution is 0.0514. The van der Waals surface area contributed by atoms with Gasteiger partial charge in [-0.05, 0) is 13.3 Å². The van der Waals surface area contributed by atoms with Crippen molar-refractivity contribution in [3.63, 3.8) is 0 Å². The molecule has 0 saturated carbocycles.